The van der Waals surface area contributed by atoms with Crippen molar-refractivity contribution in [2.45, 2.75) is 48.0 Å². The van der Waals surface area contributed by atoms with Gasteiger partial charge in [-0.3, -0.25) is 0 Å². The minimum absolute atomic E-state index is 0. The second-order valence-electron chi connectivity index (χ2n) is 9.61. The van der Waals surface area contributed by atoms with Crippen LogP contribution in [0.3, 0.4) is 0 Å². The van der Waals surface area contributed by atoms with Crippen molar-refractivity contribution in [1.82, 2.24) is 0 Å². The van der Waals surface area contributed by atoms with Gasteiger partial charge in [0.1, 0.15) is 0 Å². The molecule has 0 aliphatic heterocycles. The molecule has 4 heteroatoms. The van der Waals surface area contributed by atoms with Crippen LogP contribution in [0.15, 0.2) is 60.7 Å². The predicted molar refractivity (Wildman–Crippen MR) is 127 cm³/mol. The summed E-state index contributed by atoms with van der Waals surface area (Å²) in [5, 5.41) is 0. The van der Waals surface area contributed by atoms with Crippen LogP contribution in [0, 0.1) is 16.7 Å². The van der Waals surface area contributed by atoms with E-state index in [4.69, 9.17) is 4.74 Å². The number of rotatable bonds is 4. The molecule has 29 heavy (non-hydrogen) atoms. The maximum Gasteiger partial charge on any atom is -0.147 e. The van der Waals surface area contributed by atoms with Gasteiger partial charge in [0.15, 0.2) is 0 Å². The number of para-hydroxylation sites is 1. The number of hydrogen-bond donors (Lipinski definition) is 0. The number of halogens is 2. The van der Waals surface area contributed by atoms with E-state index in [0.29, 0.717) is 5.92 Å². The van der Waals surface area contributed by atoms with Gasteiger partial charge in [-0.05, 0) is 0 Å². The normalized spacial score (nSPS) is 18.7. The SMILES string of the molecule is COc1ccccc1C1=[C]([Zr][C]2=CC=CC2)C(C(C)(C)C)C=C1C(C)(C)C.Cl.Cl. The van der Waals surface area contributed by atoms with Gasteiger partial charge in [-0.15, -0.1) is 24.8 Å². The Balaban J connectivity index is 0.00000210. The van der Waals surface area contributed by atoms with E-state index in [9.17, 15) is 0 Å². The third kappa shape index (κ3) is 5.78. The zero-order valence-corrected chi connectivity index (χ0v) is 22.7. The molecule has 1 aromatic rings. The Morgan fingerprint density at radius 2 is 1.66 bits per heavy atom. The molecule has 1 atom stereocenters. The first-order chi connectivity index (χ1) is 12.6. The Kier molecular flexibility index (Phi) is 9.28. The Labute approximate surface area is 201 Å². The second-order valence-corrected chi connectivity index (χ2v) is 13.1. The van der Waals surface area contributed by atoms with Crippen LogP contribution < -0.4 is 4.74 Å². The van der Waals surface area contributed by atoms with E-state index >= 15 is 0 Å². The second kappa shape index (κ2) is 10.2. The monoisotopic (exact) mass is 510 g/mol. The molecule has 0 saturated heterocycles. The zero-order chi connectivity index (χ0) is 19.8. The van der Waals surface area contributed by atoms with Gasteiger partial charge in [-0.25, -0.2) is 0 Å². The first-order valence-electron chi connectivity index (χ1n) is 9.86. The van der Waals surface area contributed by atoms with Crippen LogP contribution in [-0.4, -0.2) is 7.11 Å². The molecule has 0 bridgehead atoms. The van der Waals surface area contributed by atoms with Gasteiger partial charge in [0, 0.05) is 0 Å². The molecule has 0 aromatic heterocycles. The average molecular weight is 513 g/mol. The summed E-state index contributed by atoms with van der Waals surface area (Å²) in [4.78, 5) is 0. The van der Waals surface area contributed by atoms with E-state index in [1.165, 1.54) is 16.7 Å². The number of hydrogen-bond acceptors (Lipinski definition) is 1. The third-order valence-corrected chi connectivity index (χ3v) is 9.11. The van der Waals surface area contributed by atoms with Gasteiger partial charge in [0.25, 0.3) is 0 Å². The van der Waals surface area contributed by atoms with Crippen molar-refractivity contribution in [3.05, 3.63) is 66.3 Å². The van der Waals surface area contributed by atoms with Gasteiger partial charge < -0.3 is 0 Å². The van der Waals surface area contributed by atoms with Crippen LogP contribution in [0.1, 0.15) is 53.5 Å². The number of benzene rings is 1. The molecule has 1 aromatic carbocycles. The molecular formula is C25H34Cl2OZr. The Hall–Kier alpha value is -0.557. The van der Waals surface area contributed by atoms with Gasteiger partial charge in [-0.1, -0.05) is 0 Å². The summed E-state index contributed by atoms with van der Waals surface area (Å²) in [6.45, 7) is 14.2. The van der Waals surface area contributed by atoms with Gasteiger partial charge in [-0.2, -0.15) is 0 Å². The van der Waals surface area contributed by atoms with Crippen LogP contribution in [0.5, 0.6) is 5.75 Å². The Morgan fingerprint density at radius 1 is 1.00 bits per heavy atom. The molecule has 1 unspecified atom stereocenters. The summed E-state index contributed by atoms with van der Waals surface area (Å²) in [7, 11) is 1.79. The number of allylic oxidation sites excluding steroid dienone is 8. The van der Waals surface area contributed by atoms with Gasteiger partial charge in [0.05, 0.1) is 0 Å². The molecule has 1 nitrogen and oxygen atoms in total. The van der Waals surface area contributed by atoms with Crippen LogP contribution >= 0.6 is 24.8 Å². The molecule has 0 fully saturated rings. The van der Waals surface area contributed by atoms with E-state index in [-0.39, 0.29) is 35.6 Å². The molecule has 2 aliphatic rings. The molecule has 2 aliphatic carbocycles. The minimum atomic E-state index is -0.841. The first kappa shape index (κ1) is 26.5. The van der Waals surface area contributed by atoms with E-state index in [0.717, 1.165) is 12.2 Å². The molecule has 0 saturated carbocycles. The summed E-state index contributed by atoms with van der Waals surface area (Å²) < 4.78 is 9.19. The maximum atomic E-state index is 5.79. The predicted octanol–water partition coefficient (Wildman–Crippen LogP) is 7.82. The minimum Gasteiger partial charge on any atom is -0.147 e. The van der Waals surface area contributed by atoms with Crippen molar-refractivity contribution < 1.29 is 28.0 Å². The first-order valence-corrected chi connectivity index (χ1v) is 12.3. The Bertz CT molecular complexity index is 848. The van der Waals surface area contributed by atoms with E-state index in [2.05, 4.69) is 90.1 Å². The number of methoxy groups -OCH3 is 1. The molecule has 3 rings (SSSR count). The topological polar surface area (TPSA) is 9.23 Å². The summed E-state index contributed by atoms with van der Waals surface area (Å²) in [6.07, 6.45) is 10.6. The van der Waals surface area contributed by atoms with Crippen LogP contribution in [-0.2, 0) is 23.2 Å². The number of ether oxygens (including phenoxy) is 1. The van der Waals surface area contributed by atoms with Crippen molar-refractivity contribution in [3.8, 4) is 5.75 Å². The summed E-state index contributed by atoms with van der Waals surface area (Å²) in [6, 6.07) is 8.57. The fourth-order valence-electron chi connectivity index (χ4n) is 3.94. The molecule has 0 radical (unpaired) electrons. The smallest absolute Gasteiger partial charge is 0.147 e. The van der Waals surface area contributed by atoms with Crippen molar-refractivity contribution >= 4 is 30.4 Å². The molecule has 0 N–H and O–H groups in total. The van der Waals surface area contributed by atoms with Crippen LogP contribution in [0.25, 0.3) is 5.57 Å². The Morgan fingerprint density at radius 3 is 2.17 bits per heavy atom. The standard InChI is InChI=1S/C20H27O.C5H5.2ClH.Zr/c1-19(2,3)14-12-16(17(13-14)20(4,5)6)15-10-8-9-11-18(15)21-7;1-2-4-5-3-1;;;/h8-11,13-14H,1-7H3;1-3H,4H2;2*1H;. The molecule has 0 heterocycles. The summed E-state index contributed by atoms with van der Waals surface area (Å²) in [5.74, 6) is 1.51. The van der Waals surface area contributed by atoms with Gasteiger partial charge in [0.2, 0.25) is 0 Å². The molecule has 158 valence electrons. The van der Waals surface area contributed by atoms with Crippen molar-refractivity contribution in [2.75, 3.05) is 7.11 Å². The fourth-order valence-corrected chi connectivity index (χ4v) is 8.39. The largest absolute Gasteiger partial charge is 0.147 e. The third-order valence-electron chi connectivity index (χ3n) is 5.37. The van der Waals surface area contributed by atoms with Crippen molar-refractivity contribution in [3.63, 3.8) is 0 Å². The van der Waals surface area contributed by atoms with Crippen molar-refractivity contribution in [2.24, 2.45) is 16.7 Å². The summed E-state index contributed by atoms with van der Waals surface area (Å²) >= 11 is -0.841. The maximum absolute atomic E-state index is 5.79. The van der Waals surface area contributed by atoms with E-state index < -0.39 is 23.2 Å². The van der Waals surface area contributed by atoms with Crippen molar-refractivity contribution in [1.29, 1.82) is 0 Å². The van der Waals surface area contributed by atoms with Gasteiger partial charge >= 0.3 is 177 Å². The molecule has 0 spiro atoms. The van der Waals surface area contributed by atoms with Crippen LogP contribution in [0.4, 0.5) is 0 Å². The fraction of sp³-hybridized carbons (Fsp3) is 0.440. The summed E-state index contributed by atoms with van der Waals surface area (Å²) in [5.41, 5.74) is 4.59. The van der Waals surface area contributed by atoms with E-state index in [1.807, 2.05) is 0 Å². The van der Waals surface area contributed by atoms with E-state index in [1.54, 1.807) is 13.7 Å². The average Bonchev–Trinajstić information content (AvgIpc) is 3.22. The van der Waals surface area contributed by atoms with Crippen LogP contribution in [0.2, 0.25) is 0 Å². The molecular weight excluding hydrogens is 478 g/mol. The molecule has 0 amide bonds. The zero-order valence-electron chi connectivity index (χ0n) is 18.6. The quantitative estimate of drug-likeness (QED) is 0.400.